The van der Waals surface area contributed by atoms with Crippen LogP contribution < -0.4 is 0 Å². The van der Waals surface area contributed by atoms with Gasteiger partial charge in [0.2, 0.25) is 5.78 Å². The van der Waals surface area contributed by atoms with Crippen LogP contribution in [-0.4, -0.2) is 41.5 Å². The lowest BCUT2D eigenvalue weighted by atomic mass is 9.99. The molecule has 0 saturated carbocycles. The van der Waals surface area contributed by atoms with Crippen molar-refractivity contribution in [2.24, 2.45) is 5.16 Å². The van der Waals surface area contributed by atoms with Gasteiger partial charge in [-0.1, -0.05) is 53.2 Å². The summed E-state index contributed by atoms with van der Waals surface area (Å²) in [5, 5.41) is 4.55. The Morgan fingerprint density at radius 2 is 1.44 bits per heavy atom. The number of carbonyl (C=O) groups excluding carboxylic acids is 2. The fourth-order valence-electron chi connectivity index (χ4n) is 4.89. The topological polar surface area (TPSA) is 94.8 Å². The third kappa shape index (κ3) is 6.81. The quantitative estimate of drug-likeness (QED) is 0.0473. The average molecular weight is 653 g/mol. The van der Waals surface area contributed by atoms with Crippen molar-refractivity contribution in [3.8, 4) is 0 Å². The highest BCUT2D eigenvalue weighted by atomic mass is 32.2. The second kappa shape index (κ2) is 12.9. The molecule has 0 atom stereocenters. The number of ketones is 2. The standard InChI is InChI=1S/C33H27F3N2O5S2/c1-3-38-29-15-11-23(31(39)22-7-5-4-6-8-22)19-26(29)27-20-24(12-16-30(27)38)32(40)28(37-43-45(41,42)33(34,35)36)17-18-44-25-13-9-21(2)10-14-25/h4-16,19-20H,3,17-18H2,1-2H3/b37-28+. The summed E-state index contributed by atoms with van der Waals surface area (Å²) in [7, 11) is -6.07. The van der Waals surface area contributed by atoms with Crippen LogP contribution in [0.2, 0.25) is 0 Å². The maximum absolute atomic E-state index is 13.7. The van der Waals surface area contributed by atoms with Gasteiger partial charge < -0.3 is 4.57 Å². The van der Waals surface area contributed by atoms with Gasteiger partial charge in [-0.25, -0.2) is 0 Å². The molecule has 0 spiro atoms. The Morgan fingerprint density at radius 1 is 0.844 bits per heavy atom. The number of hydrogen-bond acceptors (Lipinski definition) is 7. The molecular weight excluding hydrogens is 625 g/mol. The zero-order valence-corrected chi connectivity index (χ0v) is 25.8. The van der Waals surface area contributed by atoms with Crippen LogP contribution in [0.3, 0.4) is 0 Å². The first kappa shape index (κ1) is 32.0. The molecule has 1 aromatic heterocycles. The van der Waals surface area contributed by atoms with Crippen molar-refractivity contribution in [1.29, 1.82) is 0 Å². The van der Waals surface area contributed by atoms with E-state index in [0.717, 1.165) is 21.5 Å². The Hall–Kier alpha value is -4.42. The lowest BCUT2D eigenvalue weighted by molar-refractivity contribution is -0.0541. The molecule has 45 heavy (non-hydrogen) atoms. The number of fused-ring (bicyclic) bond motifs is 3. The van der Waals surface area contributed by atoms with Crippen molar-refractivity contribution < 1.29 is 35.5 Å². The van der Waals surface area contributed by atoms with Gasteiger partial charge in [-0.3, -0.25) is 13.9 Å². The summed E-state index contributed by atoms with van der Waals surface area (Å²) in [5.74, 6) is -0.746. The molecule has 0 aliphatic rings. The Labute approximate surface area is 261 Å². The molecule has 4 aromatic carbocycles. The van der Waals surface area contributed by atoms with Crippen LogP contribution in [0, 0.1) is 6.92 Å². The number of oxime groups is 1. The summed E-state index contributed by atoms with van der Waals surface area (Å²) in [6.45, 7) is 4.47. The van der Waals surface area contributed by atoms with Crippen molar-refractivity contribution in [2.75, 3.05) is 5.75 Å². The fourth-order valence-corrected chi connectivity index (χ4v) is 6.02. The zero-order chi connectivity index (χ0) is 32.4. The maximum Gasteiger partial charge on any atom is 0.536 e. The van der Waals surface area contributed by atoms with E-state index in [2.05, 4.69) is 9.44 Å². The smallest absolute Gasteiger partial charge is 0.341 e. The summed E-state index contributed by atoms with van der Waals surface area (Å²) < 4.78 is 68.1. The molecule has 0 saturated heterocycles. The van der Waals surface area contributed by atoms with Crippen LogP contribution in [0.1, 0.15) is 45.2 Å². The number of halogens is 3. The van der Waals surface area contributed by atoms with E-state index in [9.17, 15) is 31.2 Å². The first-order valence-corrected chi connectivity index (χ1v) is 16.3. The van der Waals surface area contributed by atoms with Gasteiger partial charge in [0, 0.05) is 62.1 Å². The van der Waals surface area contributed by atoms with Crippen LogP contribution in [0.5, 0.6) is 0 Å². The van der Waals surface area contributed by atoms with Gasteiger partial charge in [-0.15, -0.1) is 11.8 Å². The second-order valence-electron chi connectivity index (χ2n) is 10.2. The van der Waals surface area contributed by atoms with Gasteiger partial charge in [-0.05, 0) is 62.4 Å². The first-order valence-electron chi connectivity index (χ1n) is 13.9. The van der Waals surface area contributed by atoms with Crippen molar-refractivity contribution in [2.45, 2.75) is 37.2 Å². The van der Waals surface area contributed by atoms with E-state index in [4.69, 9.17) is 0 Å². The molecule has 5 rings (SSSR count). The minimum atomic E-state index is -6.07. The summed E-state index contributed by atoms with van der Waals surface area (Å²) in [5.41, 5.74) is -2.52. The van der Waals surface area contributed by atoms with E-state index in [1.165, 1.54) is 17.8 Å². The predicted octanol–water partition coefficient (Wildman–Crippen LogP) is 7.94. The molecule has 0 radical (unpaired) electrons. The first-order chi connectivity index (χ1) is 21.4. The highest BCUT2D eigenvalue weighted by molar-refractivity contribution is 7.99. The number of Topliss-reactive ketones (excluding diaryl/α,β-unsaturated/α-hetero) is 1. The minimum Gasteiger partial charge on any atom is -0.341 e. The third-order valence-electron chi connectivity index (χ3n) is 7.16. The van der Waals surface area contributed by atoms with Gasteiger partial charge in [0.15, 0.2) is 5.78 Å². The van der Waals surface area contributed by atoms with Gasteiger partial charge in [0.05, 0.1) is 0 Å². The number of aryl methyl sites for hydroxylation is 2. The molecule has 0 N–H and O–H groups in total. The highest BCUT2D eigenvalue weighted by Crippen LogP contribution is 2.32. The van der Waals surface area contributed by atoms with E-state index in [0.29, 0.717) is 28.4 Å². The van der Waals surface area contributed by atoms with Gasteiger partial charge in [0.1, 0.15) is 5.71 Å². The molecule has 0 aliphatic carbocycles. The Morgan fingerprint density at radius 3 is 2.04 bits per heavy atom. The minimum absolute atomic E-state index is 0.0736. The molecule has 1 heterocycles. The zero-order valence-electron chi connectivity index (χ0n) is 24.2. The molecule has 0 amide bonds. The van der Waals surface area contributed by atoms with Gasteiger partial charge >= 0.3 is 15.6 Å². The second-order valence-corrected chi connectivity index (χ2v) is 12.8. The molecule has 0 unspecified atom stereocenters. The summed E-state index contributed by atoms with van der Waals surface area (Å²) in [6, 6.07) is 26.4. The van der Waals surface area contributed by atoms with Crippen LogP contribution in [-0.2, 0) is 20.9 Å². The molecule has 7 nitrogen and oxygen atoms in total. The SMILES string of the molecule is CCn1c2ccc(C(=O)/C(CCSc3ccc(C)cc3)=N/OS(=O)(=O)C(F)(F)F)cc2c2cc(C(=O)c3ccccc3)ccc21. The summed E-state index contributed by atoms with van der Waals surface area (Å²) in [6.07, 6.45) is -0.171. The maximum atomic E-state index is 13.7. The van der Waals surface area contributed by atoms with Crippen LogP contribution in [0.15, 0.2) is 101 Å². The molecule has 0 fully saturated rings. The number of thioether (sulfide) groups is 1. The molecule has 232 valence electrons. The van der Waals surface area contributed by atoms with Crippen molar-refractivity contribution >= 4 is 61.0 Å². The van der Waals surface area contributed by atoms with Crippen LogP contribution >= 0.6 is 11.8 Å². The lowest BCUT2D eigenvalue weighted by Gasteiger charge is -2.09. The van der Waals surface area contributed by atoms with Gasteiger partial charge in [0.25, 0.3) is 0 Å². The number of hydrogen-bond donors (Lipinski definition) is 0. The Kier molecular flexibility index (Phi) is 9.17. The van der Waals surface area contributed by atoms with Crippen LogP contribution in [0.25, 0.3) is 21.8 Å². The number of carbonyl (C=O) groups is 2. The predicted molar refractivity (Wildman–Crippen MR) is 169 cm³/mol. The Balaban J connectivity index is 1.52. The number of benzene rings is 4. The molecular formula is C33H27F3N2O5S2. The summed E-state index contributed by atoms with van der Waals surface area (Å²) >= 11 is 1.33. The number of rotatable bonds is 11. The van der Waals surface area contributed by atoms with E-state index in [1.807, 2.05) is 54.8 Å². The molecule has 5 aromatic rings. The van der Waals surface area contributed by atoms with Crippen molar-refractivity contribution in [3.63, 3.8) is 0 Å². The van der Waals surface area contributed by atoms with Crippen molar-refractivity contribution in [3.05, 3.63) is 113 Å². The van der Waals surface area contributed by atoms with Crippen molar-refractivity contribution in [1.82, 2.24) is 4.57 Å². The van der Waals surface area contributed by atoms with Crippen LogP contribution in [0.4, 0.5) is 13.2 Å². The summed E-state index contributed by atoms with van der Waals surface area (Å²) in [4.78, 5) is 27.7. The largest absolute Gasteiger partial charge is 0.536 e. The number of alkyl halides is 3. The fraction of sp³-hybridized carbons (Fsp3) is 0.182. The van der Waals surface area contributed by atoms with Gasteiger partial charge in [-0.2, -0.15) is 21.6 Å². The highest BCUT2D eigenvalue weighted by Gasteiger charge is 2.49. The average Bonchev–Trinajstić information content (AvgIpc) is 3.35. The van der Waals surface area contributed by atoms with E-state index < -0.39 is 27.1 Å². The van der Waals surface area contributed by atoms with E-state index in [-0.39, 0.29) is 23.5 Å². The van der Waals surface area contributed by atoms with E-state index in [1.54, 1.807) is 48.5 Å². The Bertz CT molecular complexity index is 2040. The number of aromatic nitrogens is 1. The molecule has 0 bridgehead atoms. The normalized spacial score (nSPS) is 12.5. The molecule has 12 heteroatoms. The number of nitrogens with zero attached hydrogens (tertiary/aromatic N) is 2. The monoisotopic (exact) mass is 652 g/mol. The van der Waals surface area contributed by atoms with E-state index >= 15 is 0 Å². The molecule has 0 aliphatic heterocycles. The third-order valence-corrected chi connectivity index (χ3v) is 9.01. The lowest BCUT2D eigenvalue weighted by Crippen LogP contribution is -2.25.